The molecule has 0 spiro atoms. The van der Waals surface area contributed by atoms with Gasteiger partial charge in [-0.25, -0.2) is 9.18 Å². The molecule has 2 aromatic carbocycles. The van der Waals surface area contributed by atoms with Gasteiger partial charge < -0.3 is 20.1 Å². The van der Waals surface area contributed by atoms with Crippen molar-refractivity contribution < 1.29 is 37.0 Å². The van der Waals surface area contributed by atoms with Gasteiger partial charge in [0.15, 0.2) is 5.82 Å². The summed E-state index contributed by atoms with van der Waals surface area (Å²) in [5.41, 5.74) is 3.82. The highest BCUT2D eigenvalue weighted by Gasteiger charge is 2.38. The van der Waals surface area contributed by atoms with Gasteiger partial charge in [0.25, 0.3) is 5.91 Å². The van der Waals surface area contributed by atoms with E-state index >= 15 is 0 Å². The molecule has 0 fully saturated rings. The maximum atomic E-state index is 14.5. The van der Waals surface area contributed by atoms with E-state index in [0.29, 0.717) is 41.2 Å². The van der Waals surface area contributed by atoms with Crippen LogP contribution in [0.5, 0.6) is 11.5 Å². The van der Waals surface area contributed by atoms with Gasteiger partial charge in [0.2, 0.25) is 0 Å². The van der Waals surface area contributed by atoms with Crippen LogP contribution in [0.4, 0.5) is 17.6 Å². The second kappa shape index (κ2) is 10.5. The Morgan fingerprint density at radius 2 is 1.62 bits per heavy atom. The lowest BCUT2D eigenvalue weighted by Crippen LogP contribution is -2.31. The number of fused-ring (bicyclic) bond motifs is 1. The summed E-state index contributed by atoms with van der Waals surface area (Å²) in [6, 6.07) is 20.4. The maximum absolute atomic E-state index is 14.5. The summed E-state index contributed by atoms with van der Waals surface area (Å²) in [5.74, 6) is -1.88. The summed E-state index contributed by atoms with van der Waals surface area (Å²) in [6.45, 7) is 0.577. The number of aromatic amines is 1. The highest BCUT2D eigenvalue weighted by atomic mass is 19.4. The Morgan fingerprint density at radius 3 is 2.24 bits per heavy atom. The molecule has 0 atom stereocenters. The smallest absolute Gasteiger partial charge is 0.475 e. The van der Waals surface area contributed by atoms with E-state index in [1.54, 1.807) is 12.1 Å². The van der Waals surface area contributed by atoms with Crippen molar-refractivity contribution in [2.24, 2.45) is 0 Å². The summed E-state index contributed by atoms with van der Waals surface area (Å²) in [7, 11) is 0. The van der Waals surface area contributed by atoms with Gasteiger partial charge in [-0.1, -0.05) is 18.2 Å². The van der Waals surface area contributed by atoms with Crippen LogP contribution in [0, 0.1) is 5.82 Å². The minimum atomic E-state index is -5.08. The topological polar surface area (TPSA) is 104 Å². The van der Waals surface area contributed by atoms with Crippen LogP contribution in [0.1, 0.15) is 16.1 Å². The number of para-hydroxylation sites is 1. The second-order valence-corrected chi connectivity index (χ2v) is 7.87. The molecular formula is C26H19F4N3O4. The van der Waals surface area contributed by atoms with E-state index in [9.17, 15) is 22.4 Å². The fourth-order valence-corrected chi connectivity index (χ4v) is 3.56. The van der Waals surface area contributed by atoms with Crippen molar-refractivity contribution in [1.82, 2.24) is 15.3 Å². The molecule has 0 bridgehead atoms. The van der Waals surface area contributed by atoms with Crippen LogP contribution in [-0.2, 0) is 11.2 Å². The van der Waals surface area contributed by atoms with E-state index in [2.05, 4.69) is 15.3 Å². The van der Waals surface area contributed by atoms with Crippen molar-refractivity contribution in [2.45, 2.75) is 12.6 Å². The average Bonchev–Trinajstić information content (AvgIpc) is 3.31. The zero-order valence-electron chi connectivity index (χ0n) is 19.0. The number of carbonyl (C=O) groups excluding carboxylic acids is 1. The van der Waals surface area contributed by atoms with Gasteiger partial charge in [0.1, 0.15) is 11.5 Å². The number of hydrogen-bond donors (Lipinski definition) is 3. The molecule has 0 saturated heterocycles. The number of pyridine rings is 1. The second-order valence-electron chi connectivity index (χ2n) is 7.87. The lowest BCUT2D eigenvalue weighted by Gasteiger charge is -2.11. The minimum absolute atomic E-state index is 0.137. The Bertz CT molecular complexity index is 1420. The van der Waals surface area contributed by atoms with Crippen LogP contribution in [0.25, 0.3) is 22.5 Å². The highest BCUT2D eigenvalue weighted by Crippen LogP contribution is 2.30. The number of ether oxygens (including phenoxy) is 1. The number of nitrogens with one attached hydrogen (secondary N) is 2. The average molecular weight is 513 g/mol. The molecule has 7 nitrogen and oxygen atoms in total. The summed E-state index contributed by atoms with van der Waals surface area (Å²) in [5, 5.41) is 9.93. The van der Waals surface area contributed by atoms with E-state index in [0.717, 1.165) is 17.0 Å². The molecule has 0 radical (unpaired) electrons. The first-order chi connectivity index (χ1) is 17.6. The van der Waals surface area contributed by atoms with Crippen LogP contribution in [0.3, 0.4) is 0 Å². The summed E-state index contributed by atoms with van der Waals surface area (Å²) in [6.07, 6.45) is -3.18. The van der Waals surface area contributed by atoms with Gasteiger partial charge >= 0.3 is 12.1 Å². The quantitative estimate of drug-likeness (QED) is 0.309. The first-order valence-electron chi connectivity index (χ1n) is 10.9. The van der Waals surface area contributed by atoms with Crippen LogP contribution < -0.4 is 10.1 Å². The van der Waals surface area contributed by atoms with Gasteiger partial charge in [-0.05, 0) is 48.5 Å². The fourth-order valence-electron chi connectivity index (χ4n) is 3.56. The number of rotatable bonds is 4. The van der Waals surface area contributed by atoms with Gasteiger partial charge in [0, 0.05) is 35.5 Å². The molecule has 0 aliphatic carbocycles. The van der Waals surface area contributed by atoms with Crippen LogP contribution >= 0.6 is 0 Å². The molecule has 1 amide bonds. The van der Waals surface area contributed by atoms with Crippen LogP contribution in [0.2, 0.25) is 0 Å². The molecule has 190 valence electrons. The summed E-state index contributed by atoms with van der Waals surface area (Å²) >= 11 is 0. The molecule has 11 heteroatoms. The van der Waals surface area contributed by atoms with Gasteiger partial charge in [0.05, 0.1) is 17.5 Å². The molecule has 2 aromatic heterocycles. The molecule has 0 unspecified atom stereocenters. The van der Waals surface area contributed by atoms with E-state index in [1.165, 1.54) is 6.20 Å². The number of alkyl halides is 3. The van der Waals surface area contributed by atoms with Gasteiger partial charge in [-0.15, -0.1) is 0 Å². The highest BCUT2D eigenvalue weighted by molar-refractivity contribution is 5.97. The number of carboxylic acids is 1. The summed E-state index contributed by atoms with van der Waals surface area (Å²) in [4.78, 5) is 28.3. The lowest BCUT2D eigenvalue weighted by molar-refractivity contribution is -0.192. The molecule has 5 rings (SSSR count). The Kier molecular flexibility index (Phi) is 7.23. The number of carboxylic acid groups (broad SMARTS) is 1. The molecule has 3 heterocycles. The van der Waals surface area contributed by atoms with Crippen molar-refractivity contribution in [3.8, 4) is 34.0 Å². The largest absolute Gasteiger partial charge is 0.490 e. The number of benzene rings is 2. The number of aliphatic carboxylic acids is 1. The first kappa shape index (κ1) is 25.4. The lowest BCUT2D eigenvalue weighted by atomic mass is 10.1. The number of aromatic nitrogens is 2. The zero-order chi connectivity index (χ0) is 26.6. The number of nitrogens with zero attached hydrogens (tertiary/aromatic N) is 1. The van der Waals surface area contributed by atoms with E-state index < -0.39 is 18.0 Å². The van der Waals surface area contributed by atoms with E-state index in [4.69, 9.17) is 14.6 Å². The number of carbonyl (C=O) groups is 2. The number of hydrogen-bond acceptors (Lipinski definition) is 4. The van der Waals surface area contributed by atoms with Crippen molar-refractivity contribution in [3.63, 3.8) is 0 Å². The molecule has 1 aliphatic heterocycles. The van der Waals surface area contributed by atoms with Crippen LogP contribution in [-0.4, -0.2) is 39.7 Å². The summed E-state index contributed by atoms with van der Waals surface area (Å²) < 4.78 is 52.1. The molecule has 0 saturated carbocycles. The molecule has 4 aromatic rings. The Morgan fingerprint density at radius 1 is 0.973 bits per heavy atom. The van der Waals surface area contributed by atoms with Crippen LogP contribution in [0.15, 0.2) is 72.9 Å². The van der Waals surface area contributed by atoms with E-state index in [-0.39, 0.29) is 5.91 Å². The fraction of sp³-hybridized carbons (Fsp3) is 0.115. The molecule has 1 aliphatic rings. The van der Waals surface area contributed by atoms with Gasteiger partial charge in [-0.2, -0.15) is 13.2 Å². The Labute approximate surface area is 207 Å². The van der Waals surface area contributed by atoms with Gasteiger partial charge in [-0.3, -0.25) is 9.78 Å². The Balaban J connectivity index is 0.000000405. The molecule has 37 heavy (non-hydrogen) atoms. The van der Waals surface area contributed by atoms with Crippen molar-refractivity contribution >= 4 is 11.9 Å². The standard InChI is InChI=1S/C24H18FN3O2.C2HF3O2/c25-20-14-27-22(12-18(20)23-13-19-21(28-23)10-11-26-24(19)29)15-6-8-17(9-7-15)30-16-4-2-1-3-5-16;3-2(4,5)1(6)7/h1-9,12-14,28H,10-11H2,(H,26,29);(H,6,7). The predicted molar refractivity (Wildman–Crippen MR) is 126 cm³/mol. The maximum Gasteiger partial charge on any atom is 0.490 e. The normalized spacial score (nSPS) is 12.6. The molecular weight excluding hydrogens is 494 g/mol. The molecule has 3 N–H and O–H groups in total. The zero-order valence-corrected chi connectivity index (χ0v) is 19.0. The predicted octanol–water partition coefficient (Wildman–Crippen LogP) is 5.59. The monoisotopic (exact) mass is 513 g/mol. The first-order valence-corrected chi connectivity index (χ1v) is 10.9. The van der Waals surface area contributed by atoms with Crippen molar-refractivity contribution in [3.05, 3.63) is 90.0 Å². The third-order valence-corrected chi connectivity index (χ3v) is 5.32. The van der Waals surface area contributed by atoms with Crippen molar-refractivity contribution in [2.75, 3.05) is 6.54 Å². The SMILES string of the molecule is O=C(O)C(F)(F)F.O=C1NCCc2[nH]c(-c3cc(-c4ccc(Oc5ccccc5)cc4)ncc3F)cc21. The minimum Gasteiger partial charge on any atom is -0.475 e. The number of amides is 1. The Hall–Kier alpha value is -4.67. The van der Waals surface area contributed by atoms with Crippen molar-refractivity contribution in [1.29, 1.82) is 0 Å². The number of H-pyrrole nitrogens is 1. The third kappa shape index (κ3) is 6.13. The van der Waals surface area contributed by atoms with E-state index in [1.807, 2.05) is 54.6 Å². The third-order valence-electron chi connectivity index (χ3n) is 5.32. The number of halogens is 4.